The van der Waals surface area contributed by atoms with Gasteiger partial charge in [0, 0.05) is 19.4 Å². The molecule has 0 aliphatic carbocycles. The van der Waals surface area contributed by atoms with Gasteiger partial charge in [-0.15, -0.1) is 0 Å². The van der Waals surface area contributed by atoms with E-state index < -0.39 is 0 Å². The lowest BCUT2D eigenvalue weighted by Crippen LogP contribution is -3.00. The lowest BCUT2D eigenvalue weighted by molar-refractivity contribution is -0.890. The first kappa shape index (κ1) is 37.1. The zero-order chi connectivity index (χ0) is 25.2. The van der Waals surface area contributed by atoms with Gasteiger partial charge < -0.3 is 26.8 Å². The molecule has 0 spiro atoms. The quantitative estimate of drug-likeness (QED) is 0.0940. The molecule has 0 aromatic rings. The summed E-state index contributed by atoms with van der Waals surface area (Å²) >= 11 is 0. The van der Waals surface area contributed by atoms with Crippen LogP contribution in [0.5, 0.6) is 0 Å². The zero-order valence-electron chi connectivity index (χ0n) is 24.6. The summed E-state index contributed by atoms with van der Waals surface area (Å²) in [4.78, 5) is 12.1. The molecule has 0 saturated heterocycles. The SMILES string of the molecule is CCCCCCCCCCCCCC(=O)NCCC[N+](C)(C)CCCCCCCCCCCC.[Br-]. The first-order valence-corrected chi connectivity index (χ1v) is 15.6. The molecule has 4 heteroatoms. The van der Waals surface area contributed by atoms with Gasteiger partial charge in [0.05, 0.1) is 27.2 Å². The predicted octanol–water partition coefficient (Wildman–Crippen LogP) is 6.20. The molecule has 1 amide bonds. The second-order valence-electron chi connectivity index (χ2n) is 11.6. The highest BCUT2D eigenvalue weighted by molar-refractivity contribution is 5.75. The van der Waals surface area contributed by atoms with Gasteiger partial charge in [-0.05, 0) is 19.3 Å². The Kier molecular flexibility index (Phi) is 30.2. The Labute approximate surface area is 232 Å². The summed E-state index contributed by atoms with van der Waals surface area (Å²) in [6.45, 7) is 7.84. The van der Waals surface area contributed by atoms with Crippen molar-refractivity contribution in [3.63, 3.8) is 0 Å². The number of carbonyl (C=O) groups is 1. The van der Waals surface area contributed by atoms with Crippen LogP contribution in [-0.2, 0) is 4.79 Å². The van der Waals surface area contributed by atoms with Crippen LogP contribution in [0.25, 0.3) is 0 Å². The van der Waals surface area contributed by atoms with Gasteiger partial charge >= 0.3 is 0 Å². The molecule has 1 N–H and O–H groups in total. The van der Waals surface area contributed by atoms with E-state index in [0.29, 0.717) is 6.42 Å². The van der Waals surface area contributed by atoms with Crippen molar-refractivity contribution in [2.75, 3.05) is 33.7 Å². The maximum Gasteiger partial charge on any atom is 0.219 e. The zero-order valence-corrected chi connectivity index (χ0v) is 26.2. The van der Waals surface area contributed by atoms with E-state index in [1.165, 1.54) is 135 Å². The van der Waals surface area contributed by atoms with Gasteiger partial charge in [0.2, 0.25) is 5.91 Å². The number of unbranched alkanes of at least 4 members (excludes halogenated alkanes) is 19. The van der Waals surface area contributed by atoms with Crippen LogP contribution in [0.3, 0.4) is 0 Å². The molecule has 0 unspecified atom stereocenters. The average molecular weight is 562 g/mol. The van der Waals surface area contributed by atoms with E-state index in [2.05, 4.69) is 33.3 Å². The van der Waals surface area contributed by atoms with E-state index in [0.717, 1.165) is 30.4 Å². The molecule has 212 valence electrons. The molecule has 0 rings (SSSR count). The molecular formula is C31H65BrN2O. The minimum absolute atomic E-state index is 0. The third-order valence-electron chi connectivity index (χ3n) is 7.39. The molecule has 0 aromatic heterocycles. The number of hydrogen-bond donors (Lipinski definition) is 1. The van der Waals surface area contributed by atoms with Crippen LogP contribution >= 0.6 is 0 Å². The predicted molar refractivity (Wildman–Crippen MR) is 152 cm³/mol. The number of amides is 1. The molecule has 0 fully saturated rings. The summed E-state index contributed by atoms with van der Waals surface area (Å²) in [6.07, 6.45) is 30.5. The molecule has 0 atom stereocenters. The summed E-state index contributed by atoms with van der Waals surface area (Å²) in [5, 5.41) is 3.15. The van der Waals surface area contributed by atoms with E-state index in [1.807, 2.05) is 0 Å². The third-order valence-corrected chi connectivity index (χ3v) is 7.39. The Hall–Kier alpha value is -0.0900. The van der Waals surface area contributed by atoms with Crippen LogP contribution in [0.15, 0.2) is 0 Å². The summed E-state index contributed by atoms with van der Waals surface area (Å²) in [6, 6.07) is 0. The van der Waals surface area contributed by atoms with E-state index in [-0.39, 0.29) is 22.9 Å². The smallest absolute Gasteiger partial charge is 0.219 e. The largest absolute Gasteiger partial charge is 1.00 e. The van der Waals surface area contributed by atoms with E-state index >= 15 is 0 Å². The van der Waals surface area contributed by atoms with Crippen molar-refractivity contribution in [3.8, 4) is 0 Å². The number of hydrogen-bond acceptors (Lipinski definition) is 1. The van der Waals surface area contributed by atoms with Gasteiger partial charge in [0.15, 0.2) is 0 Å². The molecule has 0 radical (unpaired) electrons. The lowest BCUT2D eigenvalue weighted by Gasteiger charge is -2.30. The maximum absolute atomic E-state index is 12.1. The third kappa shape index (κ3) is 30.0. The Bertz CT molecular complexity index is 428. The van der Waals surface area contributed by atoms with Crippen molar-refractivity contribution >= 4 is 5.91 Å². The van der Waals surface area contributed by atoms with Crippen LogP contribution in [0.2, 0.25) is 0 Å². The lowest BCUT2D eigenvalue weighted by atomic mass is 10.1. The van der Waals surface area contributed by atoms with Gasteiger partial charge in [-0.1, -0.05) is 129 Å². The number of nitrogens with one attached hydrogen (secondary N) is 1. The minimum atomic E-state index is 0. The standard InChI is InChI=1S/C31H64N2O.BrH/c1-5-7-9-11-13-15-17-18-20-22-24-27-31(34)32-28-26-30-33(3,4)29-25-23-21-19-16-14-12-10-8-6-2;/h5-30H2,1-4H3;1H. The van der Waals surface area contributed by atoms with Crippen LogP contribution < -0.4 is 22.3 Å². The molecule has 3 nitrogen and oxygen atoms in total. The second kappa shape index (κ2) is 28.5. The van der Waals surface area contributed by atoms with Gasteiger partial charge in [0.25, 0.3) is 0 Å². The van der Waals surface area contributed by atoms with E-state index in [4.69, 9.17) is 0 Å². The van der Waals surface area contributed by atoms with Crippen molar-refractivity contribution in [3.05, 3.63) is 0 Å². The monoisotopic (exact) mass is 560 g/mol. The summed E-state index contributed by atoms with van der Waals surface area (Å²) in [7, 11) is 4.70. The molecular weight excluding hydrogens is 496 g/mol. The van der Waals surface area contributed by atoms with Crippen molar-refractivity contribution < 1.29 is 26.3 Å². The number of rotatable bonds is 27. The van der Waals surface area contributed by atoms with Crippen molar-refractivity contribution in [1.29, 1.82) is 0 Å². The van der Waals surface area contributed by atoms with Gasteiger partial charge in [0.1, 0.15) is 0 Å². The van der Waals surface area contributed by atoms with Crippen molar-refractivity contribution in [1.82, 2.24) is 5.32 Å². The fourth-order valence-corrected chi connectivity index (χ4v) is 4.91. The molecule has 0 aliphatic heterocycles. The molecule has 0 heterocycles. The number of carbonyl (C=O) groups excluding carboxylic acids is 1. The Morgan fingerprint density at radius 1 is 0.514 bits per heavy atom. The number of nitrogens with zero attached hydrogens (tertiary/aromatic N) is 1. The van der Waals surface area contributed by atoms with Crippen molar-refractivity contribution in [2.45, 2.75) is 162 Å². The Morgan fingerprint density at radius 3 is 1.29 bits per heavy atom. The molecule has 0 aromatic carbocycles. The summed E-state index contributed by atoms with van der Waals surface area (Å²) in [5.74, 6) is 0.260. The van der Waals surface area contributed by atoms with Crippen LogP contribution in [0.1, 0.15) is 162 Å². The van der Waals surface area contributed by atoms with Crippen molar-refractivity contribution in [2.24, 2.45) is 0 Å². The first-order chi connectivity index (χ1) is 16.5. The van der Waals surface area contributed by atoms with Gasteiger partial charge in [-0.2, -0.15) is 0 Å². The summed E-state index contributed by atoms with van der Waals surface area (Å²) in [5.41, 5.74) is 0. The first-order valence-electron chi connectivity index (χ1n) is 15.6. The Balaban J connectivity index is 0. The van der Waals surface area contributed by atoms with Crippen LogP contribution in [-0.4, -0.2) is 44.1 Å². The van der Waals surface area contributed by atoms with E-state index in [1.54, 1.807) is 0 Å². The average Bonchev–Trinajstić information content (AvgIpc) is 2.81. The normalized spacial score (nSPS) is 11.4. The number of quaternary nitrogens is 1. The molecule has 0 aliphatic rings. The fourth-order valence-electron chi connectivity index (χ4n) is 4.91. The fraction of sp³-hybridized carbons (Fsp3) is 0.968. The number of halogens is 1. The Morgan fingerprint density at radius 2 is 0.857 bits per heavy atom. The minimum Gasteiger partial charge on any atom is -1.00 e. The molecule has 0 saturated carbocycles. The van der Waals surface area contributed by atoms with Crippen LogP contribution in [0.4, 0.5) is 0 Å². The maximum atomic E-state index is 12.1. The topological polar surface area (TPSA) is 29.1 Å². The molecule has 35 heavy (non-hydrogen) atoms. The van der Waals surface area contributed by atoms with Gasteiger partial charge in [-0.3, -0.25) is 4.79 Å². The second-order valence-corrected chi connectivity index (χ2v) is 11.6. The summed E-state index contributed by atoms with van der Waals surface area (Å²) < 4.78 is 1.09. The van der Waals surface area contributed by atoms with Gasteiger partial charge in [-0.25, -0.2) is 0 Å². The highest BCUT2D eigenvalue weighted by Crippen LogP contribution is 2.13. The highest BCUT2D eigenvalue weighted by Gasteiger charge is 2.14. The van der Waals surface area contributed by atoms with Crippen LogP contribution in [0, 0.1) is 0 Å². The van der Waals surface area contributed by atoms with E-state index in [9.17, 15) is 4.79 Å². The molecule has 0 bridgehead atoms. The highest BCUT2D eigenvalue weighted by atomic mass is 79.9.